The molecule has 12 heteroatoms. The zero-order chi connectivity index (χ0) is 22.5. The summed E-state index contributed by atoms with van der Waals surface area (Å²) in [7, 11) is 0. The maximum Gasteiger partial charge on any atom is 0.508 e. The third-order valence-electron chi connectivity index (χ3n) is 3.98. The van der Waals surface area contributed by atoms with Crippen LogP contribution in [0.5, 0.6) is 0 Å². The molecule has 0 aliphatic carbocycles. The number of thioether (sulfide) groups is 1. The van der Waals surface area contributed by atoms with Gasteiger partial charge in [0.05, 0.1) is 26.4 Å². The molecule has 0 spiro atoms. The number of esters is 1. The zero-order valence-electron chi connectivity index (χ0n) is 17.7. The maximum atomic E-state index is 12.1. The van der Waals surface area contributed by atoms with Crippen molar-refractivity contribution in [1.82, 2.24) is 9.55 Å². The highest BCUT2D eigenvalue weighted by Gasteiger charge is 2.29. The Bertz CT molecular complexity index is 758. The second-order valence-electron chi connectivity index (χ2n) is 6.29. The normalized spacial score (nSPS) is 18.0. The van der Waals surface area contributed by atoms with E-state index in [4.69, 9.17) is 28.4 Å². The molecule has 1 aliphatic heterocycles. The predicted octanol–water partition coefficient (Wildman–Crippen LogP) is 1.14. The van der Waals surface area contributed by atoms with Crippen LogP contribution in [0.1, 0.15) is 25.8 Å². The molecule has 1 aromatic heterocycles. The SMILES string of the molecule is CCc1ccn(C2CSC(COC(=O)OCCOCCOCCOC(C)=O)O2)c(=O)n1. The van der Waals surface area contributed by atoms with Gasteiger partial charge in [-0.25, -0.2) is 9.59 Å². The van der Waals surface area contributed by atoms with Crippen molar-refractivity contribution in [2.45, 2.75) is 31.9 Å². The Morgan fingerprint density at radius 2 is 1.81 bits per heavy atom. The van der Waals surface area contributed by atoms with Gasteiger partial charge in [-0.15, -0.1) is 11.8 Å². The molecule has 0 saturated carbocycles. The molecule has 0 aromatic carbocycles. The van der Waals surface area contributed by atoms with Gasteiger partial charge in [0, 0.05) is 24.6 Å². The maximum absolute atomic E-state index is 12.1. The number of carbonyl (C=O) groups is 2. The highest BCUT2D eigenvalue weighted by atomic mass is 32.2. The van der Waals surface area contributed by atoms with Crippen LogP contribution in [0.2, 0.25) is 0 Å². The fourth-order valence-corrected chi connectivity index (χ4v) is 3.46. The zero-order valence-corrected chi connectivity index (χ0v) is 18.5. The van der Waals surface area contributed by atoms with E-state index in [1.807, 2.05) is 6.92 Å². The average molecular weight is 461 g/mol. The van der Waals surface area contributed by atoms with Crippen LogP contribution < -0.4 is 5.69 Å². The van der Waals surface area contributed by atoms with Gasteiger partial charge < -0.3 is 28.4 Å². The second-order valence-corrected chi connectivity index (χ2v) is 7.48. The largest absolute Gasteiger partial charge is 0.508 e. The van der Waals surface area contributed by atoms with Crippen LogP contribution in [-0.4, -0.2) is 79.1 Å². The first-order valence-corrected chi connectivity index (χ1v) is 11.0. The Morgan fingerprint density at radius 1 is 1.13 bits per heavy atom. The van der Waals surface area contributed by atoms with E-state index in [2.05, 4.69) is 4.98 Å². The van der Waals surface area contributed by atoms with E-state index in [-0.39, 0.29) is 38.1 Å². The summed E-state index contributed by atoms with van der Waals surface area (Å²) in [5, 5.41) is 0. The molecule has 0 bridgehead atoms. The van der Waals surface area contributed by atoms with Crippen LogP contribution in [0.3, 0.4) is 0 Å². The lowest BCUT2D eigenvalue weighted by Crippen LogP contribution is -2.29. The Labute approximate surface area is 184 Å². The van der Waals surface area contributed by atoms with Crippen molar-refractivity contribution < 1.29 is 38.0 Å². The first-order chi connectivity index (χ1) is 15.0. The molecule has 11 nitrogen and oxygen atoms in total. The van der Waals surface area contributed by atoms with Gasteiger partial charge in [0.25, 0.3) is 0 Å². The van der Waals surface area contributed by atoms with Crippen molar-refractivity contribution in [3.05, 3.63) is 28.4 Å². The third kappa shape index (κ3) is 9.68. The van der Waals surface area contributed by atoms with Crippen LogP contribution >= 0.6 is 11.8 Å². The van der Waals surface area contributed by atoms with E-state index in [9.17, 15) is 14.4 Å². The van der Waals surface area contributed by atoms with Gasteiger partial charge >= 0.3 is 17.8 Å². The van der Waals surface area contributed by atoms with Crippen LogP contribution in [0.4, 0.5) is 4.79 Å². The number of ether oxygens (including phenoxy) is 6. The van der Waals surface area contributed by atoms with E-state index < -0.39 is 17.8 Å². The fraction of sp³-hybridized carbons (Fsp3) is 0.684. The lowest BCUT2D eigenvalue weighted by molar-refractivity contribution is -0.142. The van der Waals surface area contributed by atoms with E-state index in [0.29, 0.717) is 32.0 Å². The van der Waals surface area contributed by atoms with E-state index in [1.54, 1.807) is 12.3 Å². The average Bonchev–Trinajstić information content (AvgIpc) is 3.22. The summed E-state index contributed by atoms with van der Waals surface area (Å²) in [5.74, 6) is 0.198. The molecule has 1 fully saturated rings. The Hall–Kier alpha value is -2.15. The summed E-state index contributed by atoms with van der Waals surface area (Å²) in [5.41, 5.74) is -0.0262. The number of hydrogen-bond donors (Lipinski definition) is 0. The molecule has 1 saturated heterocycles. The minimum absolute atomic E-state index is 0.00620. The lowest BCUT2D eigenvalue weighted by atomic mass is 10.3. The Kier molecular flexibility index (Phi) is 11.4. The molecule has 0 N–H and O–H groups in total. The quantitative estimate of drug-likeness (QED) is 0.311. The second kappa shape index (κ2) is 14.0. The van der Waals surface area contributed by atoms with Crippen LogP contribution in [0, 0.1) is 0 Å². The topological polar surface area (TPSA) is 124 Å². The van der Waals surface area contributed by atoms with Gasteiger partial charge in [-0.1, -0.05) is 6.92 Å². The molecule has 0 amide bonds. The molecule has 31 heavy (non-hydrogen) atoms. The summed E-state index contributed by atoms with van der Waals surface area (Å²) in [6.45, 7) is 4.65. The van der Waals surface area contributed by atoms with Gasteiger partial charge in [-0.2, -0.15) is 4.98 Å². The summed E-state index contributed by atoms with van der Waals surface area (Å²) in [6.07, 6.45) is 1.08. The summed E-state index contributed by atoms with van der Waals surface area (Å²) in [4.78, 5) is 38.2. The number of rotatable bonds is 13. The van der Waals surface area contributed by atoms with Crippen molar-refractivity contribution in [1.29, 1.82) is 0 Å². The van der Waals surface area contributed by atoms with Crippen molar-refractivity contribution in [2.75, 3.05) is 52.0 Å². The van der Waals surface area contributed by atoms with Crippen LogP contribution in [0.25, 0.3) is 0 Å². The minimum atomic E-state index is -0.819. The molecule has 2 rings (SSSR count). The molecule has 1 aliphatic rings. The summed E-state index contributed by atoms with van der Waals surface area (Å²) < 4.78 is 32.3. The molecular weight excluding hydrogens is 432 g/mol. The molecular formula is C19H28N2O9S. The van der Waals surface area contributed by atoms with Crippen molar-refractivity contribution in [3.63, 3.8) is 0 Å². The smallest absolute Gasteiger partial charge is 0.463 e. The number of carbonyl (C=O) groups excluding carboxylic acids is 2. The van der Waals surface area contributed by atoms with Gasteiger partial charge in [-0.05, 0) is 12.5 Å². The lowest BCUT2D eigenvalue weighted by Gasteiger charge is -2.15. The molecule has 2 heterocycles. The number of aromatic nitrogens is 2. The first kappa shape index (κ1) is 25.1. The third-order valence-corrected chi connectivity index (χ3v) is 5.08. The molecule has 0 radical (unpaired) electrons. The van der Waals surface area contributed by atoms with E-state index >= 15 is 0 Å². The van der Waals surface area contributed by atoms with E-state index in [0.717, 1.165) is 5.69 Å². The standard InChI is InChI=1S/C19H28N2O9S/c1-3-15-4-5-21(18(23)20-15)16-13-31-17(30-16)12-29-19(24)28-11-9-26-7-6-25-8-10-27-14(2)22/h4-5,16-17H,3,6-13H2,1-2H3. The first-order valence-electron chi connectivity index (χ1n) is 9.93. The van der Waals surface area contributed by atoms with E-state index in [1.165, 1.54) is 23.3 Å². The number of nitrogens with zero attached hydrogens (tertiary/aromatic N) is 2. The van der Waals surface area contributed by atoms with Gasteiger partial charge in [0.15, 0.2) is 0 Å². The summed E-state index contributed by atoms with van der Waals surface area (Å²) >= 11 is 1.44. The Balaban J connectivity index is 1.51. The molecule has 2 atom stereocenters. The number of hydrogen-bond acceptors (Lipinski definition) is 11. The highest BCUT2D eigenvalue weighted by Crippen LogP contribution is 2.31. The number of aryl methyl sites for hydroxylation is 1. The minimum Gasteiger partial charge on any atom is -0.463 e. The molecule has 174 valence electrons. The molecule has 2 unspecified atom stereocenters. The van der Waals surface area contributed by atoms with Gasteiger partial charge in [0.1, 0.15) is 31.5 Å². The van der Waals surface area contributed by atoms with Gasteiger partial charge in [-0.3, -0.25) is 9.36 Å². The fourth-order valence-electron chi connectivity index (χ4n) is 2.47. The van der Waals surface area contributed by atoms with Gasteiger partial charge in [0.2, 0.25) is 0 Å². The summed E-state index contributed by atoms with van der Waals surface area (Å²) in [6, 6.07) is 1.79. The molecule has 1 aromatic rings. The van der Waals surface area contributed by atoms with Crippen molar-refractivity contribution >= 4 is 23.9 Å². The van der Waals surface area contributed by atoms with Crippen molar-refractivity contribution in [2.24, 2.45) is 0 Å². The monoisotopic (exact) mass is 460 g/mol. The Morgan fingerprint density at radius 3 is 2.45 bits per heavy atom. The van der Waals surface area contributed by atoms with Crippen LogP contribution in [0.15, 0.2) is 17.1 Å². The highest BCUT2D eigenvalue weighted by molar-refractivity contribution is 8.00. The predicted molar refractivity (Wildman–Crippen MR) is 110 cm³/mol. The van der Waals surface area contributed by atoms with Crippen LogP contribution in [-0.2, 0) is 39.6 Å². The van der Waals surface area contributed by atoms with Crippen molar-refractivity contribution in [3.8, 4) is 0 Å².